The van der Waals surface area contributed by atoms with Gasteiger partial charge in [-0.2, -0.15) is 0 Å². The van der Waals surface area contributed by atoms with Crippen LogP contribution in [-0.2, 0) is 50.5 Å². The number of halogens is 2. The smallest absolute Gasteiger partial charge is 0.196 e. The van der Waals surface area contributed by atoms with Gasteiger partial charge >= 0.3 is 0 Å². The number of aliphatic hydroxyl groups is 2. The zero-order chi connectivity index (χ0) is 55.5. The van der Waals surface area contributed by atoms with Crippen LogP contribution >= 0.6 is 23.2 Å². The minimum absolute atomic E-state index is 0.0753. The summed E-state index contributed by atoms with van der Waals surface area (Å²) in [5, 5.41) is 47.1. The second kappa shape index (κ2) is 22.8. The zero-order valence-electron chi connectivity index (χ0n) is 46.1. The van der Waals surface area contributed by atoms with Gasteiger partial charge in [0.2, 0.25) is 0 Å². The largest absolute Gasteiger partial charge is 0.507 e. The Hall–Kier alpha value is -6.48. The van der Waals surface area contributed by atoms with Gasteiger partial charge in [-0.3, -0.25) is 9.59 Å². The molecule has 0 radical (unpaired) electrons. The van der Waals surface area contributed by atoms with Gasteiger partial charge in [0.15, 0.2) is 24.8 Å². The molecule has 0 aliphatic carbocycles. The second-order valence-corrected chi connectivity index (χ2v) is 24.8. The van der Waals surface area contributed by atoms with Crippen molar-refractivity contribution in [1.29, 1.82) is 0 Å². The number of ether oxygens (including phenoxy) is 2. The van der Waals surface area contributed by atoms with Gasteiger partial charge in [0.25, 0.3) is 0 Å². The number of carbonyl (C=O) groups excluding carboxylic acids is 2. The van der Waals surface area contributed by atoms with Gasteiger partial charge in [-0.25, -0.2) is 0 Å². The highest BCUT2D eigenvalue weighted by Crippen LogP contribution is 2.42. The third-order valence-electron chi connectivity index (χ3n) is 13.4. The van der Waals surface area contributed by atoms with Crippen molar-refractivity contribution >= 4 is 46.3 Å². The molecular weight excluding hydrogens is 980 g/mol. The Labute approximate surface area is 454 Å². The van der Waals surface area contributed by atoms with Crippen molar-refractivity contribution in [1.82, 2.24) is 0 Å². The first-order valence-corrected chi connectivity index (χ1v) is 26.2. The van der Waals surface area contributed by atoms with Crippen LogP contribution < -0.4 is 9.47 Å². The molecule has 0 aromatic heterocycles. The van der Waals surface area contributed by atoms with Crippen molar-refractivity contribution in [3.63, 3.8) is 0 Å². The molecule has 0 spiro atoms. The predicted octanol–water partition coefficient (Wildman–Crippen LogP) is 16.1. The topological polar surface area (TPSA) is 134 Å². The van der Waals surface area contributed by atoms with E-state index in [0.29, 0.717) is 49.4 Å². The summed E-state index contributed by atoms with van der Waals surface area (Å²) in [6.07, 6.45) is 3.01. The number of rotatable bonds is 16. The number of hydrogen-bond donors (Lipinski definition) is 4. The molecule has 0 amide bonds. The van der Waals surface area contributed by atoms with E-state index in [1.54, 1.807) is 48.5 Å². The lowest BCUT2D eigenvalue weighted by Crippen LogP contribution is -2.17. The Kier molecular flexibility index (Phi) is 17.6. The molecular formula is C65H74Cl2O8. The molecule has 0 fully saturated rings. The van der Waals surface area contributed by atoms with Crippen molar-refractivity contribution in [2.75, 3.05) is 13.2 Å². The number of benzene rings is 6. The standard InChI is InChI=1S/C65H74Cl2O8/c1-38-23-48(62(3,4)5)28-42(58(38)72)25-46-32-51(65(12,13)14)33-47(61(46)75-37-55(69)35-57(71)41-17-21-53(67)22-18-41)27-44-30-50(64(9,10)11)29-43(59(44)73)26-45-31-49(63(6,7)8)24-39(2)60(45)74-36-54(68)34-56(70)40-15-19-52(66)20-16-40/h15-24,28-35,70-73H,25-27,36-37H2,1-14H3/b56-34-,57-35-. The lowest BCUT2D eigenvalue weighted by atomic mass is 9.80. The van der Waals surface area contributed by atoms with Crippen LogP contribution in [0.2, 0.25) is 10.0 Å². The number of phenolic OH excluding ortho intramolecular Hbond substituents is 2. The van der Waals surface area contributed by atoms with E-state index < -0.39 is 18.2 Å². The van der Waals surface area contributed by atoms with Crippen LogP contribution in [0.4, 0.5) is 0 Å². The quantitative estimate of drug-likeness (QED) is 0.0556. The Bertz CT molecular complexity index is 3150. The van der Waals surface area contributed by atoms with E-state index in [1.807, 2.05) is 38.1 Å². The highest BCUT2D eigenvalue weighted by Gasteiger charge is 2.27. The summed E-state index contributed by atoms with van der Waals surface area (Å²) < 4.78 is 13.0. The van der Waals surface area contributed by atoms with Crippen LogP contribution in [0.3, 0.4) is 0 Å². The summed E-state index contributed by atoms with van der Waals surface area (Å²) in [7, 11) is 0. The molecule has 0 aliphatic heterocycles. The normalized spacial score (nSPS) is 12.7. The molecule has 10 heteroatoms. The SMILES string of the molecule is Cc1cc(C(C)(C)C)cc(Cc2cc(C(C)(C)C)cc(Cc3cc(C(C)(C)C)cc(Cc4cc(C(C)(C)C)cc(C)c4OCC(=O)/C=C(\O)c4ccc(Cl)cc4)c3O)c2OCC(=O)/C=C(\O)c2ccc(Cl)cc2)c1O. The zero-order valence-corrected chi connectivity index (χ0v) is 47.6. The van der Waals surface area contributed by atoms with Crippen LogP contribution in [0.1, 0.15) is 161 Å². The Morgan fingerprint density at radius 1 is 0.440 bits per heavy atom. The first kappa shape index (κ1) is 57.8. The number of aromatic hydroxyl groups is 2. The van der Waals surface area contributed by atoms with Crippen molar-refractivity contribution in [2.24, 2.45) is 0 Å². The molecule has 0 atom stereocenters. The van der Waals surface area contributed by atoms with E-state index >= 15 is 0 Å². The molecule has 0 saturated carbocycles. The Balaban J connectivity index is 1.49. The van der Waals surface area contributed by atoms with Gasteiger partial charge < -0.3 is 29.9 Å². The molecule has 6 rings (SSSR count). The maximum atomic E-state index is 13.7. The van der Waals surface area contributed by atoms with Gasteiger partial charge in [-0.15, -0.1) is 0 Å². The van der Waals surface area contributed by atoms with E-state index in [-0.39, 0.29) is 70.5 Å². The van der Waals surface area contributed by atoms with Gasteiger partial charge in [0, 0.05) is 52.6 Å². The van der Waals surface area contributed by atoms with Gasteiger partial charge in [0.1, 0.15) is 34.5 Å². The number of aryl methyl sites for hydroxylation is 2. The highest BCUT2D eigenvalue weighted by atomic mass is 35.5. The number of hydrogen-bond acceptors (Lipinski definition) is 8. The van der Waals surface area contributed by atoms with E-state index in [2.05, 4.69) is 107 Å². The third-order valence-corrected chi connectivity index (χ3v) is 13.9. The Morgan fingerprint density at radius 3 is 1.09 bits per heavy atom. The third kappa shape index (κ3) is 14.9. The molecule has 6 aromatic rings. The fraction of sp³-hybridized carbons (Fsp3) is 0.354. The lowest BCUT2D eigenvalue weighted by molar-refractivity contribution is -0.117. The van der Waals surface area contributed by atoms with Gasteiger partial charge in [-0.1, -0.05) is 155 Å². The fourth-order valence-corrected chi connectivity index (χ4v) is 9.09. The number of carbonyl (C=O) groups is 2. The Morgan fingerprint density at radius 2 is 0.733 bits per heavy atom. The van der Waals surface area contributed by atoms with Crippen LogP contribution in [0, 0.1) is 13.8 Å². The summed E-state index contributed by atoms with van der Waals surface area (Å²) in [6, 6.07) is 29.4. The van der Waals surface area contributed by atoms with Crippen molar-refractivity contribution in [2.45, 2.75) is 138 Å². The number of aliphatic hydroxyl groups excluding tert-OH is 2. The van der Waals surface area contributed by atoms with Crippen molar-refractivity contribution < 1.29 is 39.5 Å². The summed E-state index contributed by atoms with van der Waals surface area (Å²) in [6.45, 7) is 28.6. The first-order valence-electron chi connectivity index (χ1n) is 25.4. The van der Waals surface area contributed by atoms with Gasteiger partial charge in [0.05, 0.1) is 0 Å². The minimum atomic E-state index is -0.477. The molecule has 75 heavy (non-hydrogen) atoms. The molecule has 396 valence electrons. The van der Waals surface area contributed by atoms with Crippen LogP contribution in [-0.4, -0.2) is 45.2 Å². The molecule has 6 aromatic carbocycles. The monoisotopic (exact) mass is 1050 g/mol. The summed E-state index contributed by atoms with van der Waals surface area (Å²) in [5.41, 5.74) is 9.54. The molecule has 8 nitrogen and oxygen atoms in total. The van der Waals surface area contributed by atoms with Crippen LogP contribution in [0.25, 0.3) is 11.5 Å². The highest BCUT2D eigenvalue weighted by molar-refractivity contribution is 6.30. The predicted molar refractivity (Wildman–Crippen MR) is 307 cm³/mol. The number of phenols is 2. The molecule has 4 N–H and O–H groups in total. The van der Waals surface area contributed by atoms with Crippen LogP contribution in [0.5, 0.6) is 23.0 Å². The second-order valence-electron chi connectivity index (χ2n) is 24.0. The van der Waals surface area contributed by atoms with Crippen molar-refractivity contribution in [3.8, 4) is 23.0 Å². The summed E-state index contributed by atoms with van der Waals surface area (Å²) in [5.74, 6) is -0.160. The summed E-state index contributed by atoms with van der Waals surface area (Å²) >= 11 is 12.1. The average molecular weight is 1050 g/mol. The molecule has 0 unspecified atom stereocenters. The van der Waals surface area contributed by atoms with Crippen LogP contribution in [0.15, 0.2) is 109 Å². The average Bonchev–Trinajstić information content (AvgIpc) is 3.29. The number of ketones is 2. The van der Waals surface area contributed by atoms with Gasteiger partial charge in [-0.05, 0) is 151 Å². The summed E-state index contributed by atoms with van der Waals surface area (Å²) in [4.78, 5) is 27.1. The maximum Gasteiger partial charge on any atom is 0.196 e. The van der Waals surface area contributed by atoms with E-state index in [0.717, 1.165) is 62.2 Å². The first-order chi connectivity index (χ1) is 34.8. The van der Waals surface area contributed by atoms with E-state index in [4.69, 9.17) is 32.7 Å². The molecule has 0 aliphatic rings. The maximum absolute atomic E-state index is 13.7. The minimum Gasteiger partial charge on any atom is -0.507 e. The van der Waals surface area contributed by atoms with Crippen molar-refractivity contribution in [3.05, 3.63) is 197 Å². The molecule has 0 saturated heterocycles. The van der Waals surface area contributed by atoms with E-state index in [9.17, 15) is 30.0 Å². The van der Waals surface area contributed by atoms with E-state index in [1.165, 1.54) is 0 Å². The molecule has 0 bridgehead atoms. The molecule has 0 heterocycles. The lowest BCUT2D eigenvalue weighted by Gasteiger charge is -2.27. The fourth-order valence-electron chi connectivity index (χ4n) is 8.83.